The van der Waals surface area contributed by atoms with Gasteiger partial charge in [-0.1, -0.05) is 6.07 Å². The fraction of sp³-hybridized carbons (Fsp3) is 0.667. The highest BCUT2D eigenvalue weighted by atomic mass is 16.5. The highest BCUT2D eigenvalue weighted by Gasteiger charge is 2.16. The van der Waals surface area contributed by atoms with Gasteiger partial charge < -0.3 is 20.1 Å². The van der Waals surface area contributed by atoms with Crippen LogP contribution in [-0.4, -0.2) is 63.0 Å². The van der Waals surface area contributed by atoms with E-state index in [1.54, 1.807) is 0 Å². The fourth-order valence-electron chi connectivity index (χ4n) is 3.18. The van der Waals surface area contributed by atoms with Crippen molar-refractivity contribution >= 4 is 5.69 Å². The molecule has 0 radical (unpaired) electrons. The molecule has 0 aromatic heterocycles. The number of nitrogens with one attached hydrogen (secondary N) is 2. The summed E-state index contributed by atoms with van der Waals surface area (Å²) in [5.41, 5.74) is 2.47. The van der Waals surface area contributed by atoms with Crippen molar-refractivity contribution in [1.29, 1.82) is 0 Å². The van der Waals surface area contributed by atoms with Crippen LogP contribution in [0.25, 0.3) is 0 Å². The van der Waals surface area contributed by atoms with Gasteiger partial charge in [-0.15, -0.1) is 0 Å². The van der Waals surface area contributed by atoms with Crippen molar-refractivity contribution in [2.45, 2.75) is 32.4 Å². The lowest BCUT2D eigenvalue weighted by molar-refractivity contribution is 0.0382. The number of hydrogen-bond donors (Lipinski definition) is 2. The summed E-state index contributed by atoms with van der Waals surface area (Å²) >= 11 is 0. The van der Waals surface area contributed by atoms with Crippen molar-refractivity contribution in [3.8, 4) is 5.75 Å². The zero-order valence-electron chi connectivity index (χ0n) is 14.3. The van der Waals surface area contributed by atoms with Crippen molar-refractivity contribution < 1.29 is 9.47 Å². The molecule has 2 heterocycles. The Hall–Kier alpha value is -1.30. The number of ether oxygens (including phenoxy) is 2. The van der Waals surface area contributed by atoms with Crippen molar-refractivity contribution in [1.82, 2.24) is 10.2 Å². The van der Waals surface area contributed by atoms with Crippen molar-refractivity contribution in [2.24, 2.45) is 0 Å². The summed E-state index contributed by atoms with van der Waals surface area (Å²) in [7, 11) is 0. The predicted molar refractivity (Wildman–Crippen MR) is 93.4 cm³/mol. The molecule has 0 bridgehead atoms. The summed E-state index contributed by atoms with van der Waals surface area (Å²) in [5, 5.41) is 7.08. The Bertz CT molecular complexity index is 503. The second-order valence-corrected chi connectivity index (χ2v) is 6.65. The van der Waals surface area contributed by atoms with Crippen LogP contribution in [0.5, 0.6) is 5.75 Å². The summed E-state index contributed by atoms with van der Waals surface area (Å²) in [6.07, 6.45) is 1.28. The smallest absolute Gasteiger partial charge is 0.142 e. The lowest BCUT2D eigenvalue weighted by Gasteiger charge is -2.27. The van der Waals surface area contributed by atoms with Gasteiger partial charge in [0, 0.05) is 32.2 Å². The van der Waals surface area contributed by atoms with E-state index in [9.17, 15) is 0 Å². The Morgan fingerprint density at radius 2 is 2.17 bits per heavy atom. The zero-order valence-corrected chi connectivity index (χ0v) is 14.3. The van der Waals surface area contributed by atoms with Crippen molar-refractivity contribution in [3.63, 3.8) is 0 Å². The van der Waals surface area contributed by atoms with E-state index in [0.717, 1.165) is 63.8 Å². The molecule has 128 valence electrons. The second kappa shape index (κ2) is 7.99. The lowest BCUT2D eigenvalue weighted by Crippen LogP contribution is -2.42. The molecular weight excluding hydrogens is 290 g/mol. The summed E-state index contributed by atoms with van der Waals surface area (Å²) < 4.78 is 11.2. The fourth-order valence-corrected chi connectivity index (χ4v) is 3.18. The van der Waals surface area contributed by atoms with Gasteiger partial charge in [0.05, 0.1) is 25.4 Å². The molecule has 0 aliphatic carbocycles. The molecule has 1 aromatic carbocycles. The SMILES string of the molecule is CC(Cc1ccc2c(c1)NCC(C)O2)NCCN1CCOCC1. The number of hydrogen-bond acceptors (Lipinski definition) is 5. The van der Waals surface area contributed by atoms with Gasteiger partial charge in [-0.05, 0) is 38.0 Å². The average molecular weight is 319 g/mol. The molecule has 2 N–H and O–H groups in total. The standard InChI is InChI=1S/C18H29N3O2/c1-14(19-5-6-21-7-9-22-10-8-21)11-16-3-4-18-17(12-16)20-13-15(2)23-18/h3-4,12,14-15,19-20H,5-11,13H2,1-2H3. The van der Waals surface area contributed by atoms with E-state index in [1.165, 1.54) is 5.56 Å². The Labute approximate surface area is 139 Å². The average Bonchev–Trinajstić information content (AvgIpc) is 2.56. The van der Waals surface area contributed by atoms with E-state index in [0.29, 0.717) is 6.04 Å². The molecule has 5 nitrogen and oxygen atoms in total. The number of anilines is 1. The minimum atomic E-state index is 0.245. The van der Waals surface area contributed by atoms with Crippen LogP contribution < -0.4 is 15.4 Å². The van der Waals surface area contributed by atoms with E-state index < -0.39 is 0 Å². The van der Waals surface area contributed by atoms with Crippen LogP contribution in [0.4, 0.5) is 5.69 Å². The highest BCUT2D eigenvalue weighted by molar-refractivity contribution is 5.59. The number of nitrogens with zero attached hydrogens (tertiary/aromatic N) is 1. The molecule has 2 aliphatic heterocycles. The molecule has 1 saturated heterocycles. The molecule has 0 saturated carbocycles. The van der Waals surface area contributed by atoms with Crippen LogP contribution >= 0.6 is 0 Å². The van der Waals surface area contributed by atoms with Crippen LogP contribution in [-0.2, 0) is 11.2 Å². The van der Waals surface area contributed by atoms with Crippen LogP contribution in [0.2, 0.25) is 0 Å². The largest absolute Gasteiger partial charge is 0.487 e. The quantitative estimate of drug-likeness (QED) is 0.836. The lowest BCUT2D eigenvalue weighted by atomic mass is 10.1. The minimum absolute atomic E-state index is 0.245. The van der Waals surface area contributed by atoms with Gasteiger partial charge in [0.1, 0.15) is 11.9 Å². The van der Waals surface area contributed by atoms with E-state index in [-0.39, 0.29) is 6.10 Å². The topological polar surface area (TPSA) is 45.8 Å². The Morgan fingerprint density at radius 3 is 3.00 bits per heavy atom. The second-order valence-electron chi connectivity index (χ2n) is 6.65. The molecule has 5 heteroatoms. The minimum Gasteiger partial charge on any atom is -0.487 e. The van der Waals surface area contributed by atoms with Gasteiger partial charge in [0.15, 0.2) is 0 Å². The van der Waals surface area contributed by atoms with E-state index in [4.69, 9.17) is 9.47 Å². The summed E-state index contributed by atoms with van der Waals surface area (Å²) in [6, 6.07) is 6.96. The Morgan fingerprint density at radius 1 is 1.35 bits per heavy atom. The van der Waals surface area contributed by atoms with E-state index >= 15 is 0 Å². The summed E-state index contributed by atoms with van der Waals surface area (Å²) in [4.78, 5) is 2.46. The molecule has 0 spiro atoms. The van der Waals surface area contributed by atoms with Gasteiger partial charge >= 0.3 is 0 Å². The van der Waals surface area contributed by atoms with Gasteiger partial charge in [0.25, 0.3) is 0 Å². The first-order valence-electron chi connectivity index (χ1n) is 8.77. The Kier molecular flexibility index (Phi) is 5.75. The molecule has 2 atom stereocenters. The maximum atomic E-state index is 5.83. The maximum Gasteiger partial charge on any atom is 0.142 e. The third kappa shape index (κ3) is 4.83. The molecule has 23 heavy (non-hydrogen) atoms. The van der Waals surface area contributed by atoms with Crippen LogP contribution in [0.3, 0.4) is 0 Å². The number of benzene rings is 1. The van der Waals surface area contributed by atoms with Crippen LogP contribution in [0.15, 0.2) is 18.2 Å². The first kappa shape index (κ1) is 16.6. The van der Waals surface area contributed by atoms with Gasteiger partial charge in [0.2, 0.25) is 0 Å². The molecule has 2 aliphatic rings. The molecule has 3 rings (SSSR count). The van der Waals surface area contributed by atoms with Crippen molar-refractivity contribution in [2.75, 3.05) is 51.3 Å². The summed E-state index contributed by atoms with van der Waals surface area (Å²) in [6.45, 7) is 11.2. The van der Waals surface area contributed by atoms with Gasteiger partial charge in [-0.25, -0.2) is 0 Å². The first-order chi connectivity index (χ1) is 11.2. The first-order valence-corrected chi connectivity index (χ1v) is 8.77. The summed E-state index contributed by atoms with van der Waals surface area (Å²) in [5.74, 6) is 0.973. The highest BCUT2D eigenvalue weighted by Crippen LogP contribution is 2.30. The molecule has 1 fully saturated rings. The van der Waals surface area contributed by atoms with Gasteiger partial charge in [-0.2, -0.15) is 0 Å². The third-order valence-corrected chi connectivity index (χ3v) is 4.52. The number of rotatable bonds is 6. The maximum absolute atomic E-state index is 5.83. The Balaban J connectivity index is 1.43. The molecule has 0 amide bonds. The third-order valence-electron chi connectivity index (χ3n) is 4.52. The van der Waals surface area contributed by atoms with E-state index in [2.05, 4.69) is 47.6 Å². The normalized spacial score (nSPS) is 22.8. The number of fused-ring (bicyclic) bond motifs is 1. The molecular formula is C18H29N3O2. The molecule has 1 aromatic rings. The van der Waals surface area contributed by atoms with Crippen LogP contribution in [0, 0.1) is 0 Å². The predicted octanol–water partition coefficient (Wildman–Crippen LogP) is 1.73. The zero-order chi connectivity index (χ0) is 16.1. The monoisotopic (exact) mass is 319 g/mol. The van der Waals surface area contributed by atoms with Gasteiger partial charge in [-0.3, -0.25) is 4.90 Å². The number of morpholine rings is 1. The molecule has 2 unspecified atom stereocenters. The van der Waals surface area contributed by atoms with Crippen LogP contribution in [0.1, 0.15) is 19.4 Å². The van der Waals surface area contributed by atoms with E-state index in [1.807, 2.05) is 0 Å². The van der Waals surface area contributed by atoms with Crippen molar-refractivity contribution in [3.05, 3.63) is 23.8 Å².